The van der Waals surface area contributed by atoms with Crippen LogP contribution < -0.4 is 9.86 Å². The zero-order valence-corrected chi connectivity index (χ0v) is 22.1. The number of primary sulfonamides is 1. The number of hydrogen-bond donors (Lipinski definition) is 3. The summed E-state index contributed by atoms with van der Waals surface area (Å²) in [5.74, 6) is 0.0687. The van der Waals surface area contributed by atoms with E-state index in [4.69, 9.17) is 5.14 Å². The van der Waals surface area contributed by atoms with Gasteiger partial charge in [0.2, 0.25) is 10.0 Å². The van der Waals surface area contributed by atoms with Gasteiger partial charge in [-0.25, -0.2) is 31.9 Å². The third-order valence-corrected chi connectivity index (χ3v) is 7.86. The van der Waals surface area contributed by atoms with Gasteiger partial charge in [0.05, 0.1) is 15.4 Å². The van der Waals surface area contributed by atoms with Crippen molar-refractivity contribution in [1.82, 2.24) is 15.0 Å². The minimum Gasteiger partial charge on any atom is -0.346 e. The smallest absolute Gasteiger partial charge is 0.346 e. The Hall–Kier alpha value is -4.27. The molecule has 5 aromatic rings. The summed E-state index contributed by atoms with van der Waals surface area (Å²) in [6.45, 7) is 0. The van der Waals surface area contributed by atoms with E-state index >= 15 is 0 Å². The molecule has 0 bridgehead atoms. The first-order chi connectivity index (χ1) is 18.8. The highest BCUT2D eigenvalue weighted by Crippen LogP contribution is 2.30. The molecular weight excluding hydrogens is 567 g/mol. The number of H-pyrrole nitrogens is 1. The van der Waals surface area contributed by atoms with Gasteiger partial charge in [-0.15, -0.1) is 0 Å². The summed E-state index contributed by atoms with van der Waals surface area (Å²) in [7, 11) is -7.56. The fourth-order valence-corrected chi connectivity index (χ4v) is 5.14. The summed E-state index contributed by atoms with van der Waals surface area (Å²) in [5, 5.41) is 5.82. The molecule has 0 aliphatic rings. The highest BCUT2D eigenvalue weighted by molar-refractivity contribution is 7.92. The van der Waals surface area contributed by atoms with Crippen molar-refractivity contribution in [2.75, 3.05) is 4.72 Å². The first-order valence-electron chi connectivity index (χ1n) is 11.5. The molecule has 0 radical (unpaired) electrons. The number of nitrogens with one attached hydrogen (secondary N) is 2. The number of halogens is 3. The van der Waals surface area contributed by atoms with E-state index in [1.807, 2.05) is 18.3 Å². The number of anilines is 1. The second kappa shape index (κ2) is 11.5. The predicted molar refractivity (Wildman–Crippen MR) is 143 cm³/mol. The minimum absolute atomic E-state index is 0.0687. The van der Waals surface area contributed by atoms with E-state index in [2.05, 4.69) is 19.7 Å². The summed E-state index contributed by atoms with van der Waals surface area (Å²) in [4.78, 5) is 11.3. The maximum Gasteiger partial charge on any atom is 0.416 e. The van der Waals surface area contributed by atoms with Crippen LogP contribution in [-0.4, -0.2) is 31.8 Å². The number of nitrogens with zero attached hydrogens (tertiary/aromatic N) is 2. The number of aromatic nitrogens is 3. The molecule has 40 heavy (non-hydrogen) atoms. The highest BCUT2D eigenvalue weighted by Gasteiger charge is 2.30. The van der Waals surface area contributed by atoms with Gasteiger partial charge >= 0.3 is 6.18 Å². The normalized spacial score (nSPS) is 12.0. The van der Waals surface area contributed by atoms with Crippen molar-refractivity contribution in [3.8, 4) is 0 Å². The SMILES string of the molecule is NS(=O)(=O)c1ccccc1.O=S(=O)(Nc1ccc(Cc2c[nH]c3ncccc23)cn1)c1ccc(C(F)(F)F)cc1. The zero-order valence-electron chi connectivity index (χ0n) is 20.5. The molecule has 0 aliphatic carbocycles. The first kappa shape index (κ1) is 28.7. The second-order valence-electron chi connectivity index (χ2n) is 8.43. The van der Waals surface area contributed by atoms with Gasteiger partial charge in [-0.3, -0.25) is 4.72 Å². The van der Waals surface area contributed by atoms with Crippen LogP contribution in [0.2, 0.25) is 0 Å². The monoisotopic (exact) mass is 589 g/mol. The lowest BCUT2D eigenvalue weighted by Crippen LogP contribution is -2.14. The fraction of sp³-hybridized carbons (Fsp3) is 0.0769. The standard InChI is InChI=1S/C20H15F3N4O2S.C6H7NO2S/c21-20(22,23)15-4-6-16(7-5-15)30(28,29)27-18-8-3-13(11-25-18)10-14-12-26-19-17(14)2-1-9-24-19;7-10(8,9)6-4-2-1-3-5-6/h1-9,11-12H,10H2,(H,24,26)(H,25,27);1-5H,(H2,7,8,9). The van der Waals surface area contributed by atoms with Crippen molar-refractivity contribution >= 4 is 36.9 Å². The van der Waals surface area contributed by atoms with Gasteiger partial charge in [0.25, 0.3) is 10.0 Å². The molecule has 9 nitrogen and oxygen atoms in total. The molecule has 3 aromatic heterocycles. The Bertz CT molecular complexity index is 1810. The van der Waals surface area contributed by atoms with E-state index in [0.29, 0.717) is 6.42 Å². The number of aromatic amines is 1. The zero-order chi connectivity index (χ0) is 29.0. The topological polar surface area (TPSA) is 148 Å². The average Bonchev–Trinajstić information content (AvgIpc) is 3.32. The molecule has 4 N–H and O–H groups in total. The fourth-order valence-electron chi connectivity index (χ4n) is 3.60. The third-order valence-electron chi connectivity index (χ3n) is 5.56. The summed E-state index contributed by atoms with van der Waals surface area (Å²) >= 11 is 0. The van der Waals surface area contributed by atoms with Gasteiger partial charge in [0.15, 0.2) is 0 Å². The maximum atomic E-state index is 12.6. The molecule has 0 saturated carbocycles. The van der Waals surface area contributed by atoms with E-state index in [1.54, 1.807) is 36.7 Å². The predicted octanol–water partition coefficient (Wildman–Crippen LogP) is 4.70. The van der Waals surface area contributed by atoms with E-state index in [9.17, 15) is 30.0 Å². The Labute approximate surface area is 228 Å². The number of sulfonamides is 2. The van der Waals surface area contributed by atoms with Crippen LogP contribution >= 0.6 is 0 Å². The molecule has 3 heterocycles. The number of hydrogen-bond acceptors (Lipinski definition) is 6. The molecule has 0 saturated heterocycles. The van der Waals surface area contributed by atoms with Crippen LogP contribution in [0.3, 0.4) is 0 Å². The van der Waals surface area contributed by atoms with Gasteiger partial charge < -0.3 is 4.98 Å². The van der Waals surface area contributed by atoms with Gasteiger partial charge in [0, 0.05) is 30.4 Å². The lowest BCUT2D eigenvalue weighted by Gasteiger charge is -2.10. The van der Waals surface area contributed by atoms with Crippen LogP contribution in [0.25, 0.3) is 11.0 Å². The van der Waals surface area contributed by atoms with E-state index in [0.717, 1.165) is 46.4 Å². The van der Waals surface area contributed by atoms with Crippen LogP contribution in [0.15, 0.2) is 107 Å². The van der Waals surface area contributed by atoms with E-state index in [-0.39, 0.29) is 15.6 Å². The molecule has 0 amide bonds. The Balaban J connectivity index is 0.000000312. The number of rotatable bonds is 6. The van der Waals surface area contributed by atoms with Crippen LogP contribution in [0.4, 0.5) is 19.0 Å². The molecule has 0 unspecified atom stereocenters. The van der Waals surface area contributed by atoms with Crippen LogP contribution in [0.5, 0.6) is 0 Å². The molecule has 2 aromatic carbocycles. The van der Waals surface area contributed by atoms with Crippen molar-refractivity contribution < 1.29 is 30.0 Å². The molecule has 0 atom stereocenters. The summed E-state index contributed by atoms with van der Waals surface area (Å²) < 4.78 is 86.2. The molecule has 14 heteroatoms. The van der Waals surface area contributed by atoms with Crippen molar-refractivity contribution in [1.29, 1.82) is 0 Å². The van der Waals surface area contributed by atoms with Gasteiger partial charge in [-0.05, 0) is 65.7 Å². The Morgan fingerprint density at radius 3 is 2.10 bits per heavy atom. The van der Waals surface area contributed by atoms with Crippen LogP contribution in [0, 0.1) is 0 Å². The number of benzene rings is 2. The second-order valence-corrected chi connectivity index (χ2v) is 11.7. The van der Waals surface area contributed by atoms with Crippen LogP contribution in [0.1, 0.15) is 16.7 Å². The van der Waals surface area contributed by atoms with Gasteiger partial charge in [0.1, 0.15) is 11.5 Å². The number of nitrogens with two attached hydrogens (primary N) is 1. The van der Waals surface area contributed by atoms with Crippen molar-refractivity contribution in [2.24, 2.45) is 5.14 Å². The first-order valence-corrected chi connectivity index (χ1v) is 14.5. The Morgan fingerprint density at radius 1 is 0.825 bits per heavy atom. The summed E-state index contributed by atoms with van der Waals surface area (Å²) in [6, 6.07) is 18.2. The van der Waals surface area contributed by atoms with E-state index < -0.39 is 31.8 Å². The minimum atomic E-state index is -4.53. The Morgan fingerprint density at radius 2 is 1.52 bits per heavy atom. The van der Waals surface area contributed by atoms with Crippen LogP contribution in [-0.2, 0) is 32.6 Å². The van der Waals surface area contributed by atoms with Gasteiger partial charge in [-0.1, -0.05) is 24.3 Å². The van der Waals surface area contributed by atoms with Crippen molar-refractivity contribution in [2.45, 2.75) is 22.4 Å². The molecule has 0 fully saturated rings. The quantitative estimate of drug-likeness (QED) is 0.262. The van der Waals surface area contributed by atoms with Crippen molar-refractivity contribution in [3.63, 3.8) is 0 Å². The molecule has 208 valence electrons. The molecule has 0 aliphatic heterocycles. The maximum absolute atomic E-state index is 12.6. The molecule has 0 spiro atoms. The number of fused-ring (bicyclic) bond motifs is 1. The summed E-state index contributed by atoms with van der Waals surface area (Å²) in [5.41, 5.74) is 1.74. The average molecular weight is 590 g/mol. The van der Waals surface area contributed by atoms with Crippen molar-refractivity contribution in [3.05, 3.63) is 114 Å². The number of pyridine rings is 2. The van der Waals surface area contributed by atoms with E-state index in [1.165, 1.54) is 18.2 Å². The molecular formula is C26H22F3N5O4S2. The third kappa shape index (κ3) is 7.22. The van der Waals surface area contributed by atoms with Gasteiger partial charge in [-0.2, -0.15) is 13.2 Å². The lowest BCUT2D eigenvalue weighted by molar-refractivity contribution is -0.137. The molecule has 5 rings (SSSR count). The lowest BCUT2D eigenvalue weighted by atomic mass is 10.1. The summed E-state index contributed by atoms with van der Waals surface area (Å²) in [6.07, 6.45) is 1.14. The number of alkyl halides is 3. The largest absolute Gasteiger partial charge is 0.416 e. The highest BCUT2D eigenvalue weighted by atomic mass is 32.2. The Kier molecular flexibility index (Phi) is 8.23.